The number of ketones is 1. The fourth-order valence-electron chi connectivity index (χ4n) is 5.18. The lowest BCUT2D eigenvalue weighted by Gasteiger charge is -2.54. The van der Waals surface area contributed by atoms with E-state index in [9.17, 15) is 9.59 Å². The zero-order valence-electron chi connectivity index (χ0n) is 15.4. The summed E-state index contributed by atoms with van der Waals surface area (Å²) >= 11 is 0. The third-order valence-electron chi connectivity index (χ3n) is 6.59. The number of hydrogen-bond donors (Lipinski definition) is 1. The fraction of sp³-hybridized carbons (Fsp3) is 0.800. The third-order valence-corrected chi connectivity index (χ3v) is 6.59. The van der Waals surface area contributed by atoms with E-state index in [1.807, 2.05) is 13.8 Å². The SMILES string of the molecule is CC1=C(CCC(C)CC(=O)O)[C@@]2(C)CCCC(C)(C)C2CC1=O. The van der Waals surface area contributed by atoms with Crippen LogP contribution in [-0.2, 0) is 9.59 Å². The predicted molar refractivity (Wildman–Crippen MR) is 92.2 cm³/mol. The molecule has 0 aromatic heterocycles. The first-order valence-electron chi connectivity index (χ1n) is 9.03. The average molecular weight is 320 g/mol. The Morgan fingerprint density at radius 1 is 1.30 bits per heavy atom. The van der Waals surface area contributed by atoms with Gasteiger partial charge in [0.1, 0.15) is 0 Å². The van der Waals surface area contributed by atoms with E-state index >= 15 is 0 Å². The molecule has 3 nitrogen and oxygen atoms in total. The Kier molecular flexibility index (Phi) is 5.08. The van der Waals surface area contributed by atoms with Crippen LogP contribution in [0.25, 0.3) is 0 Å². The lowest BCUT2D eigenvalue weighted by Crippen LogP contribution is -2.47. The number of hydrogen-bond acceptors (Lipinski definition) is 2. The van der Waals surface area contributed by atoms with E-state index in [4.69, 9.17) is 5.11 Å². The van der Waals surface area contributed by atoms with Gasteiger partial charge in [-0.2, -0.15) is 0 Å². The summed E-state index contributed by atoms with van der Waals surface area (Å²) in [5, 5.41) is 8.96. The minimum Gasteiger partial charge on any atom is -0.481 e. The van der Waals surface area contributed by atoms with Crippen molar-refractivity contribution in [1.82, 2.24) is 0 Å². The van der Waals surface area contributed by atoms with E-state index in [1.165, 1.54) is 18.4 Å². The number of rotatable bonds is 5. The molecule has 0 heterocycles. The van der Waals surface area contributed by atoms with Crippen molar-refractivity contribution in [2.24, 2.45) is 22.7 Å². The van der Waals surface area contributed by atoms with Crippen LogP contribution >= 0.6 is 0 Å². The predicted octanol–water partition coefficient (Wildman–Crippen LogP) is 5.00. The highest BCUT2D eigenvalue weighted by molar-refractivity contribution is 5.97. The van der Waals surface area contributed by atoms with Crippen LogP contribution in [-0.4, -0.2) is 16.9 Å². The smallest absolute Gasteiger partial charge is 0.303 e. The standard InChI is InChI=1S/C20H32O3/c1-13(11-18(22)23)7-8-15-14(2)16(21)12-17-19(3,4)9-6-10-20(15,17)5/h13,17H,6-12H2,1-5H3,(H,22,23)/t13?,17?,20-/m1/s1. The topological polar surface area (TPSA) is 54.4 Å². The van der Waals surface area contributed by atoms with Gasteiger partial charge in [-0.05, 0) is 60.8 Å². The van der Waals surface area contributed by atoms with Crippen LogP contribution in [0.15, 0.2) is 11.1 Å². The Bertz CT molecular complexity index is 529. The monoisotopic (exact) mass is 320 g/mol. The lowest BCUT2D eigenvalue weighted by molar-refractivity contribution is -0.138. The molecule has 3 atom stereocenters. The normalized spacial score (nSPS) is 31.7. The Morgan fingerprint density at radius 2 is 1.96 bits per heavy atom. The molecule has 2 aliphatic rings. The summed E-state index contributed by atoms with van der Waals surface area (Å²) in [6.07, 6.45) is 6.20. The maximum Gasteiger partial charge on any atom is 0.303 e. The highest BCUT2D eigenvalue weighted by atomic mass is 16.4. The minimum atomic E-state index is -0.731. The van der Waals surface area contributed by atoms with Gasteiger partial charge in [-0.15, -0.1) is 0 Å². The number of carboxylic acid groups (broad SMARTS) is 1. The summed E-state index contributed by atoms with van der Waals surface area (Å²) in [5.41, 5.74) is 2.61. The van der Waals surface area contributed by atoms with Gasteiger partial charge in [0.15, 0.2) is 5.78 Å². The van der Waals surface area contributed by atoms with Crippen molar-refractivity contribution in [2.45, 2.75) is 79.6 Å². The van der Waals surface area contributed by atoms with E-state index in [2.05, 4.69) is 20.8 Å². The van der Waals surface area contributed by atoms with Crippen LogP contribution in [0.5, 0.6) is 0 Å². The molecule has 1 N–H and O–H groups in total. The number of Topliss-reactive ketones (excluding diaryl/α,β-unsaturated/α-hetero) is 1. The summed E-state index contributed by atoms with van der Waals surface area (Å²) in [7, 11) is 0. The number of carboxylic acids is 1. The molecule has 0 aromatic carbocycles. The molecule has 2 aliphatic carbocycles. The number of carbonyl (C=O) groups is 2. The molecule has 0 radical (unpaired) electrons. The van der Waals surface area contributed by atoms with Crippen molar-refractivity contribution in [3.8, 4) is 0 Å². The van der Waals surface area contributed by atoms with Crippen molar-refractivity contribution >= 4 is 11.8 Å². The Morgan fingerprint density at radius 3 is 2.57 bits per heavy atom. The molecule has 0 saturated heterocycles. The Labute approximate surface area is 140 Å². The van der Waals surface area contributed by atoms with E-state index in [-0.39, 0.29) is 23.2 Å². The molecule has 0 bridgehead atoms. The molecule has 2 unspecified atom stereocenters. The first-order chi connectivity index (χ1) is 10.6. The van der Waals surface area contributed by atoms with Gasteiger partial charge < -0.3 is 5.11 Å². The van der Waals surface area contributed by atoms with Gasteiger partial charge in [-0.1, -0.05) is 39.7 Å². The van der Waals surface area contributed by atoms with E-state index < -0.39 is 5.97 Å². The zero-order chi connectivity index (χ0) is 17.4. The average Bonchev–Trinajstić information content (AvgIpc) is 2.40. The minimum absolute atomic E-state index is 0.114. The second kappa shape index (κ2) is 6.41. The van der Waals surface area contributed by atoms with Gasteiger partial charge in [-0.25, -0.2) is 0 Å². The van der Waals surface area contributed by atoms with Gasteiger partial charge in [0, 0.05) is 12.8 Å². The van der Waals surface area contributed by atoms with Gasteiger partial charge in [0.2, 0.25) is 0 Å². The maximum absolute atomic E-state index is 12.6. The summed E-state index contributed by atoms with van der Waals surface area (Å²) in [4.78, 5) is 23.4. The molecule has 1 fully saturated rings. The van der Waals surface area contributed by atoms with Gasteiger partial charge in [0.25, 0.3) is 0 Å². The van der Waals surface area contributed by atoms with E-state index in [0.29, 0.717) is 18.1 Å². The van der Waals surface area contributed by atoms with Crippen molar-refractivity contribution in [3.63, 3.8) is 0 Å². The molecule has 2 rings (SSSR count). The van der Waals surface area contributed by atoms with Crippen LogP contribution in [0, 0.1) is 22.7 Å². The van der Waals surface area contributed by atoms with Crippen molar-refractivity contribution in [3.05, 3.63) is 11.1 Å². The summed E-state index contributed by atoms with van der Waals surface area (Å²) in [6, 6.07) is 0. The van der Waals surface area contributed by atoms with Crippen LogP contribution in [0.4, 0.5) is 0 Å². The first kappa shape index (κ1) is 18.2. The lowest BCUT2D eigenvalue weighted by atomic mass is 9.49. The van der Waals surface area contributed by atoms with Crippen LogP contribution < -0.4 is 0 Å². The molecule has 3 heteroatoms. The number of aliphatic carboxylic acids is 1. The molecular formula is C20H32O3. The van der Waals surface area contributed by atoms with Crippen LogP contribution in [0.1, 0.15) is 79.6 Å². The summed E-state index contributed by atoms with van der Waals surface area (Å²) < 4.78 is 0. The maximum atomic E-state index is 12.6. The highest BCUT2D eigenvalue weighted by Crippen LogP contribution is 2.59. The molecule has 0 spiro atoms. The van der Waals surface area contributed by atoms with Gasteiger partial charge in [-0.3, -0.25) is 9.59 Å². The summed E-state index contributed by atoms with van der Waals surface area (Å²) in [6.45, 7) is 11.0. The van der Waals surface area contributed by atoms with Crippen molar-refractivity contribution in [1.29, 1.82) is 0 Å². The molecular weight excluding hydrogens is 288 g/mol. The van der Waals surface area contributed by atoms with Crippen LogP contribution in [0.3, 0.4) is 0 Å². The van der Waals surface area contributed by atoms with E-state index in [0.717, 1.165) is 24.8 Å². The molecule has 0 aromatic rings. The molecule has 130 valence electrons. The Balaban J connectivity index is 2.26. The van der Waals surface area contributed by atoms with Gasteiger partial charge >= 0.3 is 5.97 Å². The molecule has 0 aliphatic heterocycles. The number of carbonyl (C=O) groups excluding carboxylic acids is 1. The Hall–Kier alpha value is -1.12. The largest absolute Gasteiger partial charge is 0.481 e. The first-order valence-corrected chi connectivity index (χ1v) is 9.03. The molecule has 0 amide bonds. The molecule has 23 heavy (non-hydrogen) atoms. The quantitative estimate of drug-likeness (QED) is 0.775. The third kappa shape index (κ3) is 3.54. The van der Waals surface area contributed by atoms with Gasteiger partial charge in [0.05, 0.1) is 0 Å². The number of fused-ring (bicyclic) bond motifs is 1. The highest BCUT2D eigenvalue weighted by Gasteiger charge is 2.51. The molecule has 1 saturated carbocycles. The fourth-order valence-corrected chi connectivity index (χ4v) is 5.18. The van der Waals surface area contributed by atoms with Crippen molar-refractivity contribution in [2.75, 3.05) is 0 Å². The van der Waals surface area contributed by atoms with Crippen molar-refractivity contribution < 1.29 is 14.7 Å². The number of allylic oxidation sites excluding steroid dienone is 2. The zero-order valence-corrected chi connectivity index (χ0v) is 15.4. The van der Waals surface area contributed by atoms with E-state index in [1.54, 1.807) is 0 Å². The second-order valence-corrected chi connectivity index (χ2v) is 8.78. The summed E-state index contributed by atoms with van der Waals surface area (Å²) in [5.74, 6) is 0.155. The van der Waals surface area contributed by atoms with Crippen LogP contribution in [0.2, 0.25) is 0 Å². The second-order valence-electron chi connectivity index (χ2n) is 8.78.